The molecule has 0 radical (unpaired) electrons. The van der Waals surface area contributed by atoms with Crippen molar-refractivity contribution < 1.29 is 4.79 Å². The van der Waals surface area contributed by atoms with Gasteiger partial charge in [-0.15, -0.1) is 0 Å². The molecule has 1 aliphatic rings. The predicted octanol–water partition coefficient (Wildman–Crippen LogP) is 5.17. The minimum absolute atomic E-state index is 0.0291. The van der Waals surface area contributed by atoms with E-state index in [1.807, 2.05) is 0 Å². The van der Waals surface area contributed by atoms with E-state index in [9.17, 15) is 4.79 Å². The smallest absolute Gasteiger partial charge is 0.224 e. The summed E-state index contributed by atoms with van der Waals surface area (Å²) in [6.45, 7) is 13.1. The van der Waals surface area contributed by atoms with Gasteiger partial charge in [0.15, 0.2) is 0 Å². The van der Waals surface area contributed by atoms with Gasteiger partial charge in [-0.2, -0.15) is 0 Å². The van der Waals surface area contributed by atoms with Gasteiger partial charge in [-0.1, -0.05) is 73.6 Å². The second-order valence-corrected chi connectivity index (χ2v) is 8.44. The average molecular weight is 296 g/mol. The van der Waals surface area contributed by atoms with Crippen molar-refractivity contribution in [3.63, 3.8) is 0 Å². The van der Waals surface area contributed by atoms with Crippen LogP contribution in [0.5, 0.6) is 0 Å². The largest absolute Gasteiger partial charge is 0.353 e. The summed E-state index contributed by atoms with van der Waals surface area (Å²) in [7, 11) is 0. The SMILES string of the molecule is CC[C@H](CC1CCCCC1)NC(=O)[C@@H](C(C)C)C(C)(C)C. The van der Waals surface area contributed by atoms with Crippen molar-refractivity contribution in [3.8, 4) is 0 Å². The number of hydrogen-bond acceptors (Lipinski definition) is 1. The number of amides is 1. The third-order valence-corrected chi connectivity index (χ3v) is 5.06. The van der Waals surface area contributed by atoms with E-state index in [2.05, 4.69) is 46.9 Å². The molecule has 21 heavy (non-hydrogen) atoms. The van der Waals surface area contributed by atoms with E-state index in [1.165, 1.54) is 38.5 Å². The van der Waals surface area contributed by atoms with E-state index >= 15 is 0 Å². The summed E-state index contributed by atoms with van der Waals surface area (Å²) >= 11 is 0. The molecule has 0 aromatic carbocycles. The lowest BCUT2D eigenvalue weighted by atomic mass is 9.73. The Kier molecular flexibility index (Phi) is 7.23. The molecule has 1 amide bonds. The van der Waals surface area contributed by atoms with E-state index in [-0.39, 0.29) is 17.2 Å². The molecule has 0 bridgehead atoms. The van der Waals surface area contributed by atoms with Crippen LogP contribution in [0.2, 0.25) is 0 Å². The summed E-state index contributed by atoms with van der Waals surface area (Å²) in [5.74, 6) is 1.58. The Labute approximate surface area is 132 Å². The van der Waals surface area contributed by atoms with Crippen LogP contribution in [0.25, 0.3) is 0 Å². The second kappa shape index (κ2) is 8.19. The quantitative estimate of drug-likeness (QED) is 0.719. The van der Waals surface area contributed by atoms with E-state index in [0.717, 1.165) is 12.3 Å². The van der Waals surface area contributed by atoms with Crippen LogP contribution < -0.4 is 5.32 Å². The molecule has 0 aromatic rings. The summed E-state index contributed by atoms with van der Waals surface area (Å²) in [4.78, 5) is 12.7. The van der Waals surface area contributed by atoms with Gasteiger partial charge in [-0.05, 0) is 30.1 Å². The summed E-state index contributed by atoms with van der Waals surface area (Å²) in [6.07, 6.45) is 9.11. The minimum atomic E-state index is 0.0291. The number of hydrogen-bond donors (Lipinski definition) is 1. The average Bonchev–Trinajstić information content (AvgIpc) is 2.36. The van der Waals surface area contributed by atoms with Gasteiger partial charge in [0.05, 0.1) is 0 Å². The van der Waals surface area contributed by atoms with Crippen molar-refractivity contribution in [2.24, 2.45) is 23.2 Å². The monoisotopic (exact) mass is 295 g/mol. The molecule has 124 valence electrons. The molecule has 2 nitrogen and oxygen atoms in total. The van der Waals surface area contributed by atoms with E-state index in [1.54, 1.807) is 0 Å². The Morgan fingerprint density at radius 1 is 1.14 bits per heavy atom. The van der Waals surface area contributed by atoms with Gasteiger partial charge in [0.1, 0.15) is 0 Å². The van der Waals surface area contributed by atoms with Crippen LogP contribution in [0.4, 0.5) is 0 Å². The highest BCUT2D eigenvalue weighted by Crippen LogP contribution is 2.33. The van der Waals surface area contributed by atoms with Gasteiger partial charge >= 0.3 is 0 Å². The summed E-state index contributed by atoms with van der Waals surface area (Å²) in [5, 5.41) is 3.36. The van der Waals surface area contributed by atoms with Crippen molar-refractivity contribution in [2.75, 3.05) is 0 Å². The molecular formula is C19H37NO. The Bertz CT molecular complexity index is 310. The lowest BCUT2D eigenvalue weighted by molar-refractivity contribution is -0.131. The highest BCUT2D eigenvalue weighted by Gasteiger charge is 2.34. The number of nitrogens with one attached hydrogen (secondary N) is 1. The lowest BCUT2D eigenvalue weighted by Crippen LogP contribution is -2.45. The first-order chi connectivity index (χ1) is 9.75. The third kappa shape index (κ3) is 6.00. The Balaban J connectivity index is 2.59. The van der Waals surface area contributed by atoms with Gasteiger partial charge in [0.25, 0.3) is 0 Å². The maximum atomic E-state index is 12.7. The Morgan fingerprint density at radius 3 is 2.14 bits per heavy atom. The van der Waals surface area contributed by atoms with Gasteiger partial charge in [0, 0.05) is 12.0 Å². The molecule has 0 saturated heterocycles. The standard InChI is InChI=1S/C19H37NO/c1-7-16(13-15-11-9-8-10-12-15)20-18(21)17(14(2)3)19(4,5)6/h14-17H,7-13H2,1-6H3,(H,20,21)/t16-,17-/m1/s1. The van der Waals surface area contributed by atoms with Gasteiger partial charge < -0.3 is 5.32 Å². The highest BCUT2D eigenvalue weighted by molar-refractivity contribution is 5.79. The van der Waals surface area contributed by atoms with Crippen molar-refractivity contribution >= 4 is 5.91 Å². The van der Waals surface area contributed by atoms with Crippen LogP contribution in [-0.2, 0) is 4.79 Å². The van der Waals surface area contributed by atoms with Gasteiger partial charge in [-0.25, -0.2) is 0 Å². The molecule has 0 heterocycles. The Morgan fingerprint density at radius 2 is 1.71 bits per heavy atom. The molecule has 0 aromatic heterocycles. The zero-order valence-electron chi connectivity index (χ0n) is 15.2. The fraction of sp³-hybridized carbons (Fsp3) is 0.947. The first-order valence-corrected chi connectivity index (χ1v) is 9.06. The third-order valence-electron chi connectivity index (χ3n) is 5.06. The normalized spacial score (nSPS) is 20.3. The van der Waals surface area contributed by atoms with Gasteiger partial charge in [0.2, 0.25) is 5.91 Å². The molecule has 0 unspecified atom stereocenters. The summed E-state index contributed by atoms with van der Waals surface area (Å²) in [6, 6.07) is 0.365. The number of rotatable bonds is 6. The van der Waals surface area contributed by atoms with Crippen LogP contribution in [0.3, 0.4) is 0 Å². The molecule has 1 N–H and O–H groups in total. The van der Waals surface area contributed by atoms with E-state index in [4.69, 9.17) is 0 Å². The zero-order valence-corrected chi connectivity index (χ0v) is 15.2. The van der Waals surface area contributed by atoms with Crippen molar-refractivity contribution in [1.82, 2.24) is 5.32 Å². The highest BCUT2D eigenvalue weighted by atomic mass is 16.2. The summed E-state index contributed by atoms with van der Waals surface area (Å²) < 4.78 is 0. The molecule has 1 aliphatic carbocycles. The molecule has 2 heteroatoms. The maximum Gasteiger partial charge on any atom is 0.224 e. The number of carbonyl (C=O) groups excluding carboxylic acids is 1. The fourth-order valence-electron chi connectivity index (χ4n) is 4.14. The van der Waals surface area contributed by atoms with Crippen molar-refractivity contribution in [1.29, 1.82) is 0 Å². The minimum Gasteiger partial charge on any atom is -0.353 e. The predicted molar refractivity (Wildman–Crippen MR) is 91.2 cm³/mol. The van der Waals surface area contributed by atoms with E-state index in [0.29, 0.717) is 12.0 Å². The van der Waals surface area contributed by atoms with E-state index < -0.39 is 0 Å². The van der Waals surface area contributed by atoms with Crippen LogP contribution in [-0.4, -0.2) is 11.9 Å². The van der Waals surface area contributed by atoms with Crippen LogP contribution in [0.1, 0.15) is 86.5 Å². The van der Waals surface area contributed by atoms with Gasteiger partial charge in [-0.3, -0.25) is 4.79 Å². The lowest BCUT2D eigenvalue weighted by Gasteiger charge is -2.35. The molecule has 2 atom stereocenters. The van der Waals surface area contributed by atoms with Crippen LogP contribution >= 0.6 is 0 Å². The molecular weight excluding hydrogens is 258 g/mol. The first kappa shape index (κ1) is 18.5. The second-order valence-electron chi connectivity index (χ2n) is 8.44. The van der Waals surface area contributed by atoms with Crippen LogP contribution in [0.15, 0.2) is 0 Å². The molecule has 1 saturated carbocycles. The van der Waals surface area contributed by atoms with Crippen LogP contribution in [0, 0.1) is 23.2 Å². The topological polar surface area (TPSA) is 29.1 Å². The molecule has 1 rings (SSSR count). The first-order valence-electron chi connectivity index (χ1n) is 9.06. The Hall–Kier alpha value is -0.530. The summed E-state index contributed by atoms with van der Waals surface area (Å²) in [5.41, 5.74) is 0.0291. The van der Waals surface area contributed by atoms with Crippen molar-refractivity contribution in [3.05, 3.63) is 0 Å². The molecule has 1 fully saturated rings. The van der Waals surface area contributed by atoms with Crippen molar-refractivity contribution in [2.45, 2.75) is 92.5 Å². The molecule has 0 spiro atoms. The fourth-order valence-corrected chi connectivity index (χ4v) is 4.14. The zero-order chi connectivity index (χ0) is 16.0. The number of carbonyl (C=O) groups is 1. The molecule has 0 aliphatic heterocycles. The maximum absolute atomic E-state index is 12.7.